The van der Waals surface area contributed by atoms with E-state index in [0.29, 0.717) is 90.6 Å². The zero-order valence-electron chi connectivity index (χ0n) is 38.1. The Morgan fingerprint density at radius 3 is 1.12 bits per heavy atom. The molecule has 8 nitrogen and oxygen atoms in total. The Morgan fingerprint density at radius 2 is 0.710 bits per heavy atom. The summed E-state index contributed by atoms with van der Waals surface area (Å²) in [4.78, 5) is 0. The predicted molar refractivity (Wildman–Crippen MR) is 287 cm³/mol. The van der Waals surface area contributed by atoms with E-state index in [1.165, 1.54) is 24.3 Å². The molecule has 0 bridgehead atoms. The fraction of sp³-hybridized carbons (Fsp3) is 0.294. The van der Waals surface area contributed by atoms with Gasteiger partial charge in [0.15, 0.2) is 0 Å². The third-order valence-corrected chi connectivity index (χ3v) is 9.31. The topological polar surface area (TPSA) is 73.8 Å². The minimum atomic E-state index is -0.250. The summed E-state index contributed by atoms with van der Waals surface area (Å²) in [6.45, 7) is 3.29. The van der Waals surface area contributed by atoms with Gasteiger partial charge in [0.25, 0.3) is 0 Å². The fourth-order valence-corrected chi connectivity index (χ4v) is 5.42. The lowest BCUT2D eigenvalue weighted by molar-refractivity contribution is 0.318. The van der Waals surface area contributed by atoms with Gasteiger partial charge in [-0.3, -0.25) is 0 Å². The van der Waals surface area contributed by atoms with E-state index in [2.05, 4.69) is 15.9 Å². The van der Waals surface area contributed by atoms with Gasteiger partial charge in [-0.15, -0.1) is 58.0 Å². The van der Waals surface area contributed by atoms with Gasteiger partial charge in [0, 0.05) is 27.3 Å². The molecule has 0 radical (unpaired) electrons. The van der Waals surface area contributed by atoms with E-state index in [9.17, 15) is 8.78 Å². The summed E-state index contributed by atoms with van der Waals surface area (Å²) >= 11 is 41.8. The van der Waals surface area contributed by atoms with E-state index in [-0.39, 0.29) is 11.6 Å². The maximum absolute atomic E-state index is 12.4. The first-order valence-electron chi connectivity index (χ1n) is 21.0. The number of halogens is 10. The number of rotatable bonds is 21. The van der Waals surface area contributed by atoms with Crippen LogP contribution in [-0.4, -0.2) is 88.6 Å². The molecular formula is C51H56BrCl7F2O8. The molecule has 0 heterocycles. The van der Waals surface area contributed by atoms with Crippen LogP contribution >= 0.6 is 97.1 Å². The Morgan fingerprint density at radius 1 is 0.362 bits per heavy atom. The third kappa shape index (κ3) is 34.1. The quantitative estimate of drug-likeness (QED) is 0.0521. The van der Waals surface area contributed by atoms with Crippen LogP contribution in [0.2, 0.25) is 10.0 Å². The van der Waals surface area contributed by atoms with Gasteiger partial charge in [0.2, 0.25) is 0 Å². The zero-order chi connectivity index (χ0) is 50.7. The molecule has 0 atom stereocenters. The van der Waals surface area contributed by atoms with Gasteiger partial charge in [0.1, 0.15) is 84.1 Å². The molecule has 18 heteroatoms. The SMILES string of the molecule is COc1ccc(OCCCl)cc1.COc1cccc(OCCCl)c1.ClCCOc1ccc(Cl)cc1.ClCCOc1cccc(Cl)c1.Fc1ccc(OCCBr)cc1.Fc1ccc(OCCCCl)cc1. The summed E-state index contributed by atoms with van der Waals surface area (Å²) < 4.78 is 66.2. The first-order chi connectivity index (χ1) is 33.5. The highest BCUT2D eigenvalue weighted by atomic mass is 79.9. The van der Waals surface area contributed by atoms with Crippen molar-refractivity contribution in [2.24, 2.45) is 0 Å². The Hall–Kier alpha value is -3.91. The highest BCUT2D eigenvalue weighted by molar-refractivity contribution is 9.09. The monoisotopic (exact) mass is 1160 g/mol. The van der Waals surface area contributed by atoms with Gasteiger partial charge in [0.05, 0.1) is 51.0 Å². The van der Waals surface area contributed by atoms with Crippen molar-refractivity contribution in [1.29, 1.82) is 0 Å². The average molecular weight is 1160 g/mol. The van der Waals surface area contributed by atoms with Gasteiger partial charge in [-0.1, -0.05) is 51.3 Å². The van der Waals surface area contributed by atoms with E-state index in [1.807, 2.05) is 72.8 Å². The number of benzene rings is 6. The average Bonchev–Trinajstić information content (AvgIpc) is 3.38. The van der Waals surface area contributed by atoms with Crippen LogP contribution in [0.5, 0.6) is 46.0 Å². The van der Waals surface area contributed by atoms with E-state index in [4.69, 9.17) is 119 Å². The summed E-state index contributed by atoms with van der Waals surface area (Å²) in [5, 5.41) is 2.17. The lowest BCUT2D eigenvalue weighted by Crippen LogP contribution is -1.97. The van der Waals surface area contributed by atoms with Crippen LogP contribution in [0.3, 0.4) is 0 Å². The lowest BCUT2D eigenvalue weighted by atomic mass is 10.3. The minimum Gasteiger partial charge on any atom is -0.497 e. The second kappa shape index (κ2) is 42.9. The molecule has 0 N–H and O–H groups in total. The van der Waals surface area contributed by atoms with Gasteiger partial charge >= 0.3 is 0 Å². The number of alkyl halides is 6. The summed E-state index contributed by atoms with van der Waals surface area (Å²) in [6, 6.07) is 41.2. The number of ether oxygens (including phenoxy) is 8. The van der Waals surface area contributed by atoms with Crippen LogP contribution in [0.15, 0.2) is 146 Å². The molecule has 0 aromatic heterocycles. The van der Waals surface area contributed by atoms with Gasteiger partial charge in [-0.05, 0) is 134 Å². The molecule has 378 valence electrons. The third-order valence-electron chi connectivity index (χ3n) is 7.61. The van der Waals surface area contributed by atoms with Crippen LogP contribution < -0.4 is 37.9 Å². The summed E-state index contributed by atoms with van der Waals surface area (Å²) in [5.74, 6) is 8.26. The van der Waals surface area contributed by atoms with Crippen molar-refractivity contribution >= 4 is 97.1 Å². The Bertz CT molecular complexity index is 2070. The summed E-state index contributed by atoms with van der Waals surface area (Å²) in [5.41, 5.74) is 0. The second-order valence-corrected chi connectivity index (χ2v) is 16.3. The van der Waals surface area contributed by atoms with E-state index in [0.717, 1.165) is 46.2 Å². The van der Waals surface area contributed by atoms with E-state index >= 15 is 0 Å². The lowest BCUT2D eigenvalue weighted by Gasteiger charge is -2.05. The normalized spacial score (nSPS) is 9.62. The molecule has 6 rings (SSSR count). The molecule has 0 fully saturated rings. The van der Waals surface area contributed by atoms with Crippen LogP contribution in [0.25, 0.3) is 0 Å². The number of hydrogen-bond donors (Lipinski definition) is 0. The molecule has 6 aromatic carbocycles. The molecule has 0 aliphatic rings. The highest BCUT2D eigenvalue weighted by Gasteiger charge is 1.98. The predicted octanol–water partition coefficient (Wildman–Crippen LogP) is 16.0. The summed E-state index contributed by atoms with van der Waals surface area (Å²) in [7, 11) is 3.26. The Kier molecular flexibility index (Phi) is 39.3. The van der Waals surface area contributed by atoms with Crippen molar-refractivity contribution in [1.82, 2.24) is 0 Å². The Balaban J connectivity index is 0.000000414. The van der Waals surface area contributed by atoms with E-state index < -0.39 is 0 Å². The van der Waals surface area contributed by atoms with Crippen molar-refractivity contribution in [3.8, 4) is 46.0 Å². The zero-order valence-corrected chi connectivity index (χ0v) is 45.0. The van der Waals surface area contributed by atoms with Gasteiger partial charge in [-0.25, -0.2) is 8.78 Å². The second-order valence-electron chi connectivity index (χ2n) is 12.8. The van der Waals surface area contributed by atoms with Crippen molar-refractivity contribution in [3.05, 3.63) is 167 Å². The van der Waals surface area contributed by atoms with Crippen molar-refractivity contribution in [2.75, 3.05) is 88.6 Å². The number of methoxy groups -OCH3 is 2. The van der Waals surface area contributed by atoms with Crippen molar-refractivity contribution in [2.45, 2.75) is 6.42 Å². The van der Waals surface area contributed by atoms with Gasteiger partial charge in [-0.2, -0.15) is 0 Å². The standard InChI is InChI=1S/C9H10ClFO.2C9H11ClO2.C8H8BrFO.2C8H8Cl2O/c10-6-1-7-12-9-4-2-8(11)3-5-9;1-11-8-2-4-9(5-3-8)12-7-6-10;1-11-8-3-2-4-9(7-8)12-6-5-10;2*9-5-6-11-8-3-1-7(10)2-4-8;9-4-5-11-8-3-1-2-7(10)6-8/h2-5H,1,6-7H2;2-5H,6-7H2,1H3;2-4,7H,5-6H2,1H3;2*1-4H,5-6H2;1-3,6H,4-5H2. The molecule has 0 amide bonds. The molecule has 6 aromatic rings. The van der Waals surface area contributed by atoms with Crippen LogP contribution in [0, 0.1) is 11.6 Å². The molecular weight excluding hydrogens is 1110 g/mol. The fourth-order valence-electron chi connectivity index (χ4n) is 4.54. The van der Waals surface area contributed by atoms with Crippen LogP contribution in [0.1, 0.15) is 6.42 Å². The Labute approximate surface area is 448 Å². The molecule has 0 aliphatic heterocycles. The van der Waals surface area contributed by atoms with Gasteiger partial charge < -0.3 is 37.9 Å². The first kappa shape index (κ1) is 63.1. The minimum absolute atomic E-state index is 0.240. The maximum Gasteiger partial charge on any atom is 0.123 e. The van der Waals surface area contributed by atoms with E-state index in [1.54, 1.807) is 62.8 Å². The molecule has 0 spiro atoms. The number of hydrogen-bond acceptors (Lipinski definition) is 8. The molecule has 0 saturated carbocycles. The molecule has 0 saturated heterocycles. The maximum atomic E-state index is 12.4. The highest BCUT2D eigenvalue weighted by Crippen LogP contribution is 2.20. The smallest absolute Gasteiger partial charge is 0.123 e. The van der Waals surface area contributed by atoms with Crippen LogP contribution in [-0.2, 0) is 0 Å². The molecule has 69 heavy (non-hydrogen) atoms. The largest absolute Gasteiger partial charge is 0.497 e. The van der Waals surface area contributed by atoms with Crippen molar-refractivity contribution < 1.29 is 46.7 Å². The molecule has 0 aliphatic carbocycles. The van der Waals surface area contributed by atoms with Crippen LogP contribution in [0.4, 0.5) is 8.78 Å². The molecule has 0 unspecified atom stereocenters. The first-order valence-corrected chi connectivity index (χ1v) is 25.5. The summed E-state index contributed by atoms with van der Waals surface area (Å²) in [6.07, 6.45) is 0.804. The van der Waals surface area contributed by atoms with Crippen molar-refractivity contribution in [3.63, 3.8) is 0 Å².